The monoisotopic (exact) mass is 564 g/mol. The molecule has 0 aliphatic rings. The molecule has 4 aromatic rings. The van der Waals surface area contributed by atoms with Gasteiger partial charge in [-0.2, -0.15) is 5.10 Å². The number of thioether (sulfide) groups is 1. The van der Waals surface area contributed by atoms with Gasteiger partial charge in [-0.25, -0.2) is 13.9 Å². The third-order valence-electron chi connectivity index (χ3n) is 4.94. The molecule has 35 heavy (non-hydrogen) atoms. The summed E-state index contributed by atoms with van der Waals surface area (Å²) in [4.78, 5) is 17.1. The highest BCUT2D eigenvalue weighted by atomic mass is 35.5. The molecular weight excluding hydrogens is 543 g/mol. The molecule has 6 nitrogen and oxygen atoms in total. The maximum Gasteiger partial charge on any atom is 0.212 e. The second-order valence-electron chi connectivity index (χ2n) is 7.94. The fourth-order valence-electron chi connectivity index (χ4n) is 3.53. The number of anilines is 1. The summed E-state index contributed by atoms with van der Waals surface area (Å²) in [5.74, 6) is 0. The van der Waals surface area contributed by atoms with E-state index in [0.29, 0.717) is 31.8 Å². The minimum Gasteiger partial charge on any atom is -0.305 e. The first-order chi connectivity index (χ1) is 16.7. The van der Waals surface area contributed by atoms with Crippen LogP contribution in [0.25, 0.3) is 27.5 Å². The van der Waals surface area contributed by atoms with Crippen LogP contribution in [0.2, 0.25) is 10.0 Å². The van der Waals surface area contributed by atoms with Crippen molar-refractivity contribution >= 4 is 69.3 Å². The third-order valence-corrected chi connectivity index (χ3v) is 8.45. The number of carbonyl (C=O) groups is 1. The Labute approximate surface area is 224 Å². The van der Waals surface area contributed by atoms with Crippen molar-refractivity contribution in [1.29, 1.82) is 0 Å². The van der Waals surface area contributed by atoms with Gasteiger partial charge in [-0.05, 0) is 36.8 Å². The van der Waals surface area contributed by atoms with Crippen LogP contribution in [-0.4, -0.2) is 36.8 Å². The molecular formula is C24H22Cl2N4O2S3. The normalized spacial score (nSPS) is 12.2. The van der Waals surface area contributed by atoms with Gasteiger partial charge in [0.25, 0.3) is 0 Å². The molecule has 0 aliphatic carbocycles. The van der Waals surface area contributed by atoms with Crippen LogP contribution in [0.3, 0.4) is 0 Å². The molecule has 0 fully saturated rings. The molecule has 1 N–H and O–H groups in total. The van der Waals surface area contributed by atoms with Gasteiger partial charge in [-0.1, -0.05) is 66.6 Å². The molecule has 182 valence electrons. The first kappa shape index (κ1) is 25.9. The summed E-state index contributed by atoms with van der Waals surface area (Å²) in [5.41, 5.74) is 5.03. The number of halogens is 2. The summed E-state index contributed by atoms with van der Waals surface area (Å²) >= 11 is 15.6. The van der Waals surface area contributed by atoms with Crippen molar-refractivity contribution in [2.75, 3.05) is 11.0 Å². The fraction of sp³-hybridized carbons (Fsp3) is 0.208. The second-order valence-corrected chi connectivity index (χ2v) is 12.7. The van der Waals surface area contributed by atoms with Gasteiger partial charge in [0.2, 0.25) is 5.13 Å². The lowest BCUT2D eigenvalue weighted by Gasteiger charge is -2.05. The summed E-state index contributed by atoms with van der Waals surface area (Å²) in [6.45, 7) is 6.09. The molecule has 0 radical (unpaired) electrons. The molecule has 0 saturated carbocycles. The topological polar surface area (TPSA) is 76.9 Å². The van der Waals surface area contributed by atoms with Crippen LogP contribution in [0, 0.1) is 6.92 Å². The van der Waals surface area contributed by atoms with Crippen molar-refractivity contribution in [3.8, 4) is 27.5 Å². The van der Waals surface area contributed by atoms with Crippen molar-refractivity contribution in [3.63, 3.8) is 0 Å². The summed E-state index contributed by atoms with van der Waals surface area (Å²) < 4.78 is 16.9. The van der Waals surface area contributed by atoms with Crippen molar-refractivity contribution in [2.45, 2.75) is 30.2 Å². The maximum atomic E-state index is 12.3. The number of aromatic nitrogens is 3. The van der Waals surface area contributed by atoms with Gasteiger partial charge in [0, 0.05) is 28.3 Å². The predicted octanol–water partition coefficient (Wildman–Crippen LogP) is 7.30. The van der Waals surface area contributed by atoms with Gasteiger partial charge in [0.15, 0.2) is 6.29 Å². The van der Waals surface area contributed by atoms with Crippen molar-refractivity contribution in [1.82, 2.24) is 14.8 Å². The van der Waals surface area contributed by atoms with Crippen LogP contribution in [0.5, 0.6) is 0 Å². The van der Waals surface area contributed by atoms with E-state index in [1.165, 1.54) is 11.3 Å². The Morgan fingerprint density at radius 2 is 1.80 bits per heavy atom. The number of aryl methyl sites for hydroxylation is 1. The lowest BCUT2D eigenvalue weighted by atomic mass is 10.0. The number of nitrogens with zero attached hydrogens (tertiary/aromatic N) is 3. The predicted molar refractivity (Wildman–Crippen MR) is 149 cm³/mol. The minimum absolute atomic E-state index is 0.329. The Balaban J connectivity index is 1.81. The van der Waals surface area contributed by atoms with Gasteiger partial charge in [0.05, 0.1) is 25.6 Å². The summed E-state index contributed by atoms with van der Waals surface area (Å²) in [5, 5.41) is 6.52. The van der Waals surface area contributed by atoms with E-state index in [1.54, 1.807) is 34.8 Å². The molecule has 1 atom stereocenters. The molecule has 0 aliphatic heterocycles. The Kier molecular flexibility index (Phi) is 8.02. The van der Waals surface area contributed by atoms with Crippen molar-refractivity contribution < 1.29 is 9.00 Å². The standard InChI is InChI=1S/C24H22Cl2N4O2S3/c1-13(2)33-23-22(16-7-10-18(25)19(26)11-16)27-24(34-23)30-20(12-31)21(14(3)28-30)15-5-8-17(9-6-15)29-35(4)32/h5-13,29H,1-4H3. The van der Waals surface area contributed by atoms with Crippen molar-refractivity contribution in [3.05, 3.63) is 63.9 Å². The van der Waals surface area contributed by atoms with Gasteiger partial charge >= 0.3 is 0 Å². The summed E-state index contributed by atoms with van der Waals surface area (Å²) in [6, 6.07) is 12.8. The van der Waals surface area contributed by atoms with Crippen LogP contribution in [0.4, 0.5) is 5.69 Å². The SMILES string of the molecule is Cc1nn(-c2nc(-c3ccc(Cl)c(Cl)c3)c(SC(C)C)s2)c(C=O)c1-c1ccc(NS(C)=O)cc1. The molecule has 2 aromatic carbocycles. The van der Waals surface area contributed by atoms with E-state index >= 15 is 0 Å². The Morgan fingerprint density at radius 3 is 2.40 bits per heavy atom. The number of thiazole rings is 1. The molecule has 2 heterocycles. The smallest absolute Gasteiger partial charge is 0.212 e. The summed E-state index contributed by atoms with van der Waals surface area (Å²) in [7, 11) is -1.17. The van der Waals surface area contributed by atoms with E-state index in [1.807, 2.05) is 37.3 Å². The van der Waals surface area contributed by atoms with Gasteiger partial charge < -0.3 is 4.72 Å². The number of hydrogen-bond acceptors (Lipinski definition) is 6. The molecule has 1 unspecified atom stereocenters. The zero-order chi connectivity index (χ0) is 25.3. The van der Waals surface area contributed by atoms with Gasteiger partial charge in [-0.3, -0.25) is 4.79 Å². The van der Waals surface area contributed by atoms with Crippen LogP contribution in [0.15, 0.2) is 46.7 Å². The first-order valence-corrected chi connectivity index (χ1v) is 14.6. The number of benzene rings is 2. The number of hydrogen-bond donors (Lipinski definition) is 1. The lowest BCUT2D eigenvalue weighted by Crippen LogP contribution is -2.02. The molecule has 2 aromatic heterocycles. The van der Waals surface area contributed by atoms with E-state index in [4.69, 9.17) is 28.2 Å². The van der Waals surface area contributed by atoms with Crippen LogP contribution < -0.4 is 4.72 Å². The fourth-order valence-corrected chi connectivity index (χ4v) is 6.78. The third kappa shape index (κ3) is 5.65. The largest absolute Gasteiger partial charge is 0.305 e. The van der Waals surface area contributed by atoms with Crippen LogP contribution in [-0.2, 0) is 11.0 Å². The minimum atomic E-state index is -1.17. The molecule has 0 amide bonds. The average Bonchev–Trinajstić information content (AvgIpc) is 3.36. The molecule has 4 rings (SSSR count). The Bertz CT molecular complexity index is 1420. The van der Waals surface area contributed by atoms with Crippen LogP contribution in [0.1, 0.15) is 30.0 Å². The van der Waals surface area contributed by atoms with E-state index in [2.05, 4.69) is 23.7 Å². The lowest BCUT2D eigenvalue weighted by molar-refractivity contribution is 0.111. The quantitative estimate of drug-likeness (QED) is 0.179. The Hall–Kier alpha value is -2.17. The van der Waals surface area contributed by atoms with Crippen LogP contribution >= 0.6 is 46.3 Å². The number of aldehydes is 1. The highest BCUT2D eigenvalue weighted by molar-refractivity contribution is 8.01. The number of carbonyl (C=O) groups excluding carboxylic acids is 1. The van der Waals surface area contributed by atoms with Gasteiger partial charge in [0.1, 0.15) is 16.7 Å². The molecule has 0 spiro atoms. The highest BCUT2D eigenvalue weighted by Crippen LogP contribution is 2.41. The van der Waals surface area contributed by atoms with Gasteiger partial charge in [-0.15, -0.1) is 11.8 Å². The highest BCUT2D eigenvalue weighted by Gasteiger charge is 2.23. The zero-order valence-electron chi connectivity index (χ0n) is 19.3. The van der Waals surface area contributed by atoms with E-state index in [0.717, 1.165) is 38.6 Å². The Morgan fingerprint density at radius 1 is 1.11 bits per heavy atom. The zero-order valence-corrected chi connectivity index (χ0v) is 23.3. The molecule has 0 saturated heterocycles. The number of nitrogens with one attached hydrogen (secondary N) is 1. The molecule has 0 bridgehead atoms. The second kappa shape index (κ2) is 10.8. The summed E-state index contributed by atoms with van der Waals surface area (Å²) in [6.07, 6.45) is 2.37. The maximum absolute atomic E-state index is 12.3. The molecule has 11 heteroatoms. The average molecular weight is 566 g/mol. The van der Waals surface area contributed by atoms with E-state index < -0.39 is 11.0 Å². The van der Waals surface area contributed by atoms with E-state index in [-0.39, 0.29) is 0 Å². The van der Waals surface area contributed by atoms with Crippen molar-refractivity contribution in [2.24, 2.45) is 0 Å². The number of rotatable bonds is 8. The first-order valence-electron chi connectivity index (χ1n) is 10.6. The van der Waals surface area contributed by atoms with E-state index in [9.17, 15) is 9.00 Å².